The summed E-state index contributed by atoms with van der Waals surface area (Å²) in [4.78, 5) is 18.0. The van der Waals surface area contributed by atoms with Gasteiger partial charge in [0.1, 0.15) is 11.4 Å². The van der Waals surface area contributed by atoms with E-state index in [0.717, 1.165) is 62.9 Å². The number of carboxylic acids is 1. The highest BCUT2D eigenvalue weighted by atomic mass is 16.5. The maximum Gasteiger partial charge on any atom is 0.352 e. The molecule has 0 saturated carbocycles. The highest BCUT2D eigenvalue weighted by molar-refractivity contribution is 6.03. The number of carbonyl (C=O) groups is 1. The lowest BCUT2D eigenvalue weighted by Crippen LogP contribution is -2.36. The highest BCUT2D eigenvalue weighted by Gasteiger charge is 2.26. The Bertz CT molecular complexity index is 1750. The fourth-order valence-electron chi connectivity index (χ4n) is 6.14. The Morgan fingerprint density at radius 3 is 2.59 bits per heavy atom. The lowest BCUT2D eigenvalue weighted by molar-refractivity contribution is 0.0329. The average Bonchev–Trinajstić information content (AvgIpc) is 3.60. The molecule has 0 spiro atoms. The third-order valence-corrected chi connectivity index (χ3v) is 8.27. The van der Waals surface area contributed by atoms with Gasteiger partial charge in [-0.15, -0.1) is 0 Å². The Kier molecular flexibility index (Phi) is 9.23. The minimum absolute atomic E-state index is 0.171. The quantitative estimate of drug-likeness (QED) is 0.164. The van der Waals surface area contributed by atoms with Crippen molar-refractivity contribution >= 4 is 27.6 Å². The van der Waals surface area contributed by atoms with Crippen molar-refractivity contribution < 1.29 is 29.2 Å². The van der Waals surface area contributed by atoms with Crippen LogP contribution < -0.4 is 4.74 Å². The zero-order chi connectivity index (χ0) is 30.5. The smallest absolute Gasteiger partial charge is 0.352 e. The maximum atomic E-state index is 12.5. The van der Waals surface area contributed by atoms with E-state index in [1.54, 1.807) is 7.11 Å². The van der Waals surface area contributed by atoms with Gasteiger partial charge < -0.3 is 29.4 Å². The van der Waals surface area contributed by atoms with Gasteiger partial charge in [-0.1, -0.05) is 54.6 Å². The van der Waals surface area contributed by atoms with Crippen LogP contribution in [0, 0.1) is 0 Å². The van der Waals surface area contributed by atoms with Crippen molar-refractivity contribution in [1.29, 1.82) is 0 Å². The minimum atomic E-state index is -1.01. The number of benzene rings is 3. The summed E-state index contributed by atoms with van der Waals surface area (Å²) in [5.41, 5.74) is 4.78. The van der Waals surface area contributed by atoms with Crippen LogP contribution >= 0.6 is 0 Å². The van der Waals surface area contributed by atoms with Crippen LogP contribution in [0.5, 0.6) is 5.75 Å². The number of H-pyrrole nitrogens is 1. The molecule has 0 radical (unpaired) electrons. The number of aromatic carboxylic acids is 1. The molecule has 3 aromatic carbocycles. The van der Waals surface area contributed by atoms with Gasteiger partial charge in [0.2, 0.25) is 0 Å². The largest absolute Gasteiger partial charge is 0.493 e. The van der Waals surface area contributed by atoms with Crippen LogP contribution in [-0.2, 0) is 35.6 Å². The highest BCUT2D eigenvalue weighted by Crippen LogP contribution is 2.37. The van der Waals surface area contributed by atoms with Gasteiger partial charge >= 0.3 is 5.97 Å². The van der Waals surface area contributed by atoms with Gasteiger partial charge in [-0.3, -0.25) is 9.58 Å². The Labute approximate surface area is 255 Å². The molecule has 1 saturated heterocycles. The molecule has 3 heterocycles. The van der Waals surface area contributed by atoms with Crippen LogP contribution in [0.2, 0.25) is 0 Å². The number of ether oxygens (including phenoxy) is 3. The van der Waals surface area contributed by atoms with Crippen LogP contribution in [0.15, 0.2) is 60.7 Å². The van der Waals surface area contributed by atoms with Crippen LogP contribution in [0.4, 0.5) is 0 Å². The Morgan fingerprint density at radius 2 is 1.80 bits per heavy atom. The summed E-state index contributed by atoms with van der Waals surface area (Å²) in [6, 6.07) is 20.0. The lowest BCUT2D eigenvalue weighted by atomic mass is 9.97. The second kappa shape index (κ2) is 13.6. The molecule has 1 aliphatic rings. The van der Waals surface area contributed by atoms with Crippen LogP contribution in [-0.4, -0.2) is 82.5 Å². The first kappa shape index (κ1) is 29.8. The third-order valence-electron chi connectivity index (χ3n) is 8.27. The fourth-order valence-corrected chi connectivity index (χ4v) is 6.14. The minimum Gasteiger partial charge on any atom is -0.493 e. The molecule has 2 aromatic heterocycles. The molecule has 0 aliphatic carbocycles. The number of aliphatic hydroxyl groups excluding tert-OH is 1. The van der Waals surface area contributed by atoms with E-state index < -0.39 is 5.97 Å². The topological polar surface area (TPSA) is 122 Å². The van der Waals surface area contributed by atoms with Gasteiger partial charge in [0.25, 0.3) is 0 Å². The van der Waals surface area contributed by atoms with Crippen molar-refractivity contribution in [1.82, 2.24) is 19.7 Å². The molecule has 10 heteroatoms. The van der Waals surface area contributed by atoms with E-state index in [9.17, 15) is 15.0 Å². The van der Waals surface area contributed by atoms with Crippen molar-refractivity contribution in [3.63, 3.8) is 0 Å². The molecule has 0 amide bonds. The molecule has 0 unspecified atom stereocenters. The number of morpholine rings is 1. The standard InChI is InChI=1S/C34H38N4O6/c1-42-18-16-38-29(21-37-14-19-43-20-15-37)31(28(22-39)36-38)27-11-5-10-25-26(33(34(40)41)35-32(25)27)12-6-17-44-30-13-4-8-23-7-2-3-9-24(23)30/h2-5,7-11,13,35,39H,6,12,14-22H2,1H3,(H,40,41). The van der Waals surface area contributed by atoms with Gasteiger partial charge in [-0.2, -0.15) is 5.10 Å². The van der Waals surface area contributed by atoms with E-state index in [0.29, 0.717) is 58.1 Å². The molecule has 44 heavy (non-hydrogen) atoms. The number of aromatic nitrogens is 3. The zero-order valence-corrected chi connectivity index (χ0v) is 24.9. The number of nitrogens with zero attached hydrogens (tertiary/aromatic N) is 3. The van der Waals surface area contributed by atoms with Gasteiger partial charge in [0.05, 0.1) is 56.5 Å². The Balaban J connectivity index is 1.33. The number of hydrogen-bond acceptors (Lipinski definition) is 7. The Hall–Kier alpha value is -4.22. The van der Waals surface area contributed by atoms with E-state index in [1.165, 1.54) is 0 Å². The molecule has 10 nitrogen and oxygen atoms in total. The Morgan fingerprint density at radius 1 is 1.02 bits per heavy atom. The summed E-state index contributed by atoms with van der Waals surface area (Å²) in [5.74, 6) is -0.193. The molecule has 5 aromatic rings. The van der Waals surface area contributed by atoms with E-state index in [1.807, 2.05) is 53.2 Å². The van der Waals surface area contributed by atoms with Gasteiger partial charge in [-0.25, -0.2) is 4.79 Å². The molecule has 0 bridgehead atoms. The summed E-state index contributed by atoms with van der Waals surface area (Å²) in [7, 11) is 1.65. The number of fused-ring (bicyclic) bond motifs is 2. The van der Waals surface area contributed by atoms with E-state index in [-0.39, 0.29) is 12.3 Å². The van der Waals surface area contributed by atoms with Gasteiger partial charge in [-0.05, 0) is 29.9 Å². The van der Waals surface area contributed by atoms with Crippen molar-refractivity contribution in [3.8, 4) is 16.9 Å². The maximum absolute atomic E-state index is 12.5. The summed E-state index contributed by atoms with van der Waals surface area (Å²) in [6.45, 7) is 4.75. The van der Waals surface area contributed by atoms with Crippen molar-refractivity contribution in [2.75, 3.05) is 46.6 Å². The molecule has 6 rings (SSSR count). The molecular formula is C34H38N4O6. The number of aliphatic hydroxyl groups is 1. The molecule has 1 aliphatic heterocycles. The first-order valence-corrected chi connectivity index (χ1v) is 15.0. The normalized spacial score (nSPS) is 14.0. The number of rotatable bonds is 13. The second-order valence-electron chi connectivity index (χ2n) is 11.0. The predicted molar refractivity (Wildman–Crippen MR) is 168 cm³/mol. The molecule has 1 fully saturated rings. The summed E-state index contributed by atoms with van der Waals surface area (Å²) in [5, 5.41) is 28.4. The van der Waals surface area contributed by atoms with Crippen LogP contribution in [0.25, 0.3) is 32.8 Å². The summed E-state index contributed by atoms with van der Waals surface area (Å²) >= 11 is 0. The van der Waals surface area contributed by atoms with Crippen molar-refractivity contribution in [3.05, 3.63) is 83.3 Å². The van der Waals surface area contributed by atoms with Crippen LogP contribution in [0.3, 0.4) is 0 Å². The number of nitrogens with one attached hydrogen (secondary N) is 1. The molecule has 0 atom stereocenters. The number of aryl methyl sites for hydroxylation is 1. The SMILES string of the molecule is COCCn1nc(CO)c(-c2cccc3c(CCCOc4cccc5ccccc45)c(C(=O)O)[nH]c23)c1CN1CCOCC1. The average molecular weight is 599 g/mol. The van der Waals surface area contributed by atoms with E-state index in [4.69, 9.17) is 19.3 Å². The van der Waals surface area contributed by atoms with Gasteiger partial charge in [0.15, 0.2) is 0 Å². The zero-order valence-electron chi connectivity index (χ0n) is 24.9. The van der Waals surface area contributed by atoms with Gasteiger partial charge in [0, 0.05) is 48.6 Å². The predicted octanol–water partition coefficient (Wildman–Crippen LogP) is 4.87. The van der Waals surface area contributed by atoms with E-state index in [2.05, 4.69) is 22.0 Å². The summed E-state index contributed by atoms with van der Waals surface area (Å²) < 4.78 is 19.0. The number of para-hydroxylation sites is 1. The first-order chi connectivity index (χ1) is 21.6. The lowest BCUT2D eigenvalue weighted by Gasteiger charge is -2.27. The van der Waals surface area contributed by atoms with E-state index >= 15 is 0 Å². The van der Waals surface area contributed by atoms with Crippen molar-refractivity contribution in [2.24, 2.45) is 0 Å². The molecule has 230 valence electrons. The summed E-state index contributed by atoms with van der Waals surface area (Å²) in [6.07, 6.45) is 1.16. The number of aromatic amines is 1. The molecular weight excluding hydrogens is 560 g/mol. The second-order valence-corrected chi connectivity index (χ2v) is 11.0. The first-order valence-electron chi connectivity index (χ1n) is 15.0. The van der Waals surface area contributed by atoms with Crippen molar-refractivity contribution in [2.45, 2.75) is 32.5 Å². The third kappa shape index (κ3) is 6.07. The number of hydrogen-bond donors (Lipinski definition) is 3. The van der Waals surface area contributed by atoms with Crippen LogP contribution in [0.1, 0.15) is 33.9 Å². The monoisotopic (exact) mass is 598 g/mol. The fraction of sp³-hybridized carbons (Fsp3) is 0.353. The number of methoxy groups -OCH3 is 1. The number of carboxylic acid groups (broad SMARTS) is 1. The molecule has 3 N–H and O–H groups in total.